The third-order valence-corrected chi connectivity index (χ3v) is 2.34. The Morgan fingerprint density at radius 3 is 2.86 bits per heavy atom. The van der Waals surface area contributed by atoms with Crippen molar-refractivity contribution in [2.24, 2.45) is 0 Å². The third kappa shape index (κ3) is 1.24. The molecule has 1 aromatic carbocycles. The van der Waals surface area contributed by atoms with Gasteiger partial charge in [-0.25, -0.2) is 4.79 Å². The fraction of sp³-hybridized carbons (Fsp3) is 0.300. The molecule has 0 radical (unpaired) electrons. The molecule has 1 aliphatic rings. The maximum atomic E-state index is 11.4. The third-order valence-electron chi connectivity index (χ3n) is 2.34. The van der Waals surface area contributed by atoms with E-state index >= 15 is 0 Å². The second-order valence-electron chi connectivity index (χ2n) is 3.92. The van der Waals surface area contributed by atoms with Crippen LogP contribution in [0.5, 0.6) is 0 Å². The Balaban J connectivity index is 2.64. The molecule has 2 rings (SSSR count). The molecule has 0 aromatic heterocycles. The number of fused-ring (bicyclic) bond motifs is 1. The Hall–Kier alpha value is -1.55. The number of hydrogen-bond donors (Lipinski definition) is 2. The monoisotopic (exact) mass is 192 g/mol. The van der Waals surface area contributed by atoms with Crippen molar-refractivity contribution >= 4 is 11.7 Å². The van der Waals surface area contributed by atoms with E-state index in [-0.39, 0.29) is 5.97 Å². The maximum Gasteiger partial charge on any atom is 0.357 e. The molecule has 0 unspecified atom stereocenters. The van der Waals surface area contributed by atoms with E-state index in [1.54, 1.807) is 18.2 Å². The zero-order valence-electron chi connectivity index (χ0n) is 8.13. The molecule has 0 fully saturated rings. The zero-order valence-corrected chi connectivity index (χ0v) is 8.13. The zero-order chi connectivity index (χ0) is 10.3. The van der Waals surface area contributed by atoms with Gasteiger partial charge in [-0.05, 0) is 37.6 Å². The van der Waals surface area contributed by atoms with Crippen molar-refractivity contribution in [3.8, 4) is 0 Å². The van der Waals surface area contributed by atoms with Crippen molar-refractivity contribution in [1.29, 1.82) is 0 Å². The van der Waals surface area contributed by atoms with Gasteiger partial charge in [0, 0.05) is 5.69 Å². The predicted molar refractivity (Wildman–Crippen MR) is 52.4 cm³/mol. The molecule has 4 nitrogen and oxygen atoms in total. The van der Waals surface area contributed by atoms with Gasteiger partial charge in [0.05, 0.1) is 11.1 Å². The van der Waals surface area contributed by atoms with Crippen LogP contribution in [-0.2, 0) is 10.4 Å². The fourth-order valence-electron chi connectivity index (χ4n) is 1.54. The number of rotatable bonds is 0. The molecule has 0 saturated carbocycles. The first-order valence-electron chi connectivity index (χ1n) is 4.39. The van der Waals surface area contributed by atoms with Crippen molar-refractivity contribution in [2.45, 2.75) is 19.4 Å². The molecule has 3 N–H and O–H groups in total. The number of benzene rings is 1. The first-order valence-corrected chi connectivity index (χ1v) is 4.39. The molecule has 0 spiro atoms. The first-order chi connectivity index (χ1) is 6.50. The van der Waals surface area contributed by atoms with E-state index in [1.807, 2.05) is 13.8 Å². The predicted octanol–water partition coefficient (Wildman–Crippen LogP) is 1.18. The smallest absolute Gasteiger partial charge is 0.357 e. The molecule has 0 saturated heterocycles. The lowest BCUT2D eigenvalue weighted by Crippen LogP contribution is -2.43. The van der Waals surface area contributed by atoms with Gasteiger partial charge in [-0.2, -0.15) is 0 Å². The molecule has 1 aromatic rings. The Kier molecular flexibility index (Phi) is 1.75. The number of carbonyl (C=O) groups excluding carboxylic acids is 1. The molecule has 0 atom stereocenters. The van der Waals surface area contributed by atoms with Crippen LogP contribution in [0.4, 0.5) is 5.69 Å². The summed E-state index contributed by atoms with van der Waals surface area (Å²) in [4.78, 5) is 16.2. The highest BCUT2D eigenvalue weighted by molar-refractivity contribution is 5.92. The van der Waals surface area contributed by atoms with Gasteiger partial charge < -0.3 is 10.6 Å². The standard InChI is InChI=1S/C10H12N2O2/c1-10(2)8-5-6(11)3-4-7(8)9(13)14-12-10/h3-5,12H,11H2,1-2H3. The number of anilines is 1. The second-order valence-corrected chi connectivity index (χ2v) is 3.92. The quantitative estimate of drug-likeness (QED) is 0.606. The SMILES string of the molecule is CC1(C)NOC(=O)c2ccc(N)cc21. The lowest BCUT2D eigenvalue weighted by atomic mass is 9.89. The van der Waals surface area contributed by atoms with Gasteiger partial charge in [0.1, 0.15) is 0 Å². The van der Waals surface area contributed by atoms with Gasteiger partial charge in [0.2, 0.25) is 0 Å². The topological polar surface area (TPSA) is 64.3 Å². The molecule has 74 valence electrons. The van der Waals surface area contributed by atoms with Crippen LogP contribution >= 0.6 is 0 Å². The lowest BCUT2D eigenvalue weighted by molar-refractivity contribution is -0.00799. The van der Waals surface area contributed by atoms with Crippen LogP contribution in [0.15, 0.2) is 18.2 Å². The van der Waals surface area contributed by atoms with Gasteiger partial charge >= 0.3 is 5.97 Å². The van der Waals surface area contributed by atoms with Gasteiger partial charge in [0.15, 0.2) is 0 Å². The molecular weight excluding hydrogens is 180 g/mol. The summed E-state index contributed by atoms with van der Waals surface area (Å²) in [5.74, 6) is -0.362. The minimum Gasteiger partial charge on any atom is -0.399 e. The van der Waals surface area contributed by atoms with E-state index in [0.717, 1.165) is 5.56 Å². The Morgan fingerprint density at radius 2 is 2.14 bits per heavy atom. The first kappa shape index (κ1) is 9.02. The van der Waals surface area contributed by atoms with E-state index in [0.29, 0.717) is 11.3 Å². The van der Waals surface area contributed by atoms with E-state index in [1.165, 1.54) is 0 Å². The van der Waals surface area contributed by atoms with Crippen molar-refractivity contribution in [3.63, 3.8) is 0 Å². The molecule has 0 bridgehead atoms. The van der Waals surface area contributed by atoms with Gasteiger partial charge in [-0.15, -0.1) is 5.48 Å². The Morgan fingerprint density at radius 1 is 1.43 bits per heavy atom. The summed E-state index contributed by atoms with van der Waals surface area (Å²) in [6.07, 6.45) is 0. The summed E-state index contributed by atoms with van der Waals surface area (Å²) in [7, 11) is 0. The molecule has 1 aliphatic heterocycles. The van der Waals surface area contributed by atoms with Crippen LogP contribution < -0.4 is 11.2 Å². The fourth-order valence-corrected chi connectivity index (χ4v) is 1.54. The van der Waals surface area contributed by atoms with Crippen LogP contribution in [0, 0.1) is 0 Å². The van der Waals surface area contributed by atoms with Crippen molar-refractivity contribution in [2.75, 3.05) is 5.73 Å². The van der Waals surface area contributed by atoms with Crippen LogP contribution in [-0.4, -0.2) is 5.97 Å². The van der Waals surface area contributed by atoms with E-state index < -0.39 is 5.54 Å². The molecule has 0 aliphatic carbocycles. The highest BCUT2D eigenvalue weighted by Crippen LogP contribution is 2.29. The van der Waals surface area contributed by atoms with Crippen LogP contribution in [0.1, 0.15) is 29.8 Å². The van der Waals surface area contributed by atoms with Crippen molar-refractivity contribution < 1.29 is 9.63 Å². The van der Waals surface area contributed by atoms with Crippen molar-refractivity contribution in [3.05, 3.63) is 29.3 Å². The van der Waals surface area contributed by atoms with E-state index in [9.17, 15) is 4.79 Å². The normalized spacial score (nSPS) is 18.6. The highest BCUT2D eigenvalue weighted by atomic mass is 16.7. The summed E-state index contributed by atoms with van der Waals surface area (Å²) < 4.78 is 0. The molecule has 0 amide bonds. The number of hydrogen-bond acceptors (Lipinski definition) is 4. The van der Waals surface area contributed by atoms with Crippen LogP contribution in [0.25, 0.3) is 0 Å². The number of hydroxylamine groups is 1. The highest BCUT2D eigenvalue weighted by Gasteiger charge is 2.32. The minimum atomic E-state index is -0.390. The average molecular weight is 192 g/mol. The molecular formula is C10H12N2O2. The van der Waals surface area contributed by atoms with E-state index in [2.05, 4.69) is 5.48 Å². The summed E-state index contributed by atoms with van der Waals surface area (Å²) in [6, 6.07) is 5.18. The Bertz CT molecular complexity index is 399. The molecule has 1 heterocycles. The minimum absolute atomic E-state index is 0.362. The average Bonchev–Trinajstić information content (AvgIpc) is 2.12. The van der Waals surface area contributed by atoms with Crippen LogP contribution in [0.3, 0.4) is 0 Å². The van der Waals surface area contributed by atoms with Crippen molar-refractivity contribution in [1.82, 2.24) is 5.48 Å². The lowest BCUT2D eigenvalue weighted by Gasteiger charge is -2.31. The van der Waals surface area contributed by atoms with E-state index in [4.69, 9.17) is 10.6 Å². The summed E-state index contributed by atoms with van der Waals surface area (Å²) in [5.41, 5.74) is 10.1. The summed E-state index contributed by atoms with van der Waals surface area (Å²) in [5, 5.41) is 0. The van der Waals surface area contributed by atoms with Gasteiger partial charge in [-0.3, -0.25) is 0 Å². The number of carbonyl (C=O) groups is 1. The number of nitrogens with one attached hydrogen (secondary N) is 1. The van der Waals surface area contributed by atoms with Crippen LogP contribution in [0.2, 0.25) is 0 Å². The summed E-state index contributed by atoms with van der Waals surface area (Å²) in [6.45, 7) is 3.86. The number of nitrogen functional groups attached to an aromatic ring is 1. The van der Waals surface area contributed by atoms with Gasteiger partial charge in [-0.1, -0.05) is 0 Å². The largest absolute Gasteiger partial charge is 0.399 e. The Labute approximate surface area is 82.0 Å². The van der Waals surface area contributed by atoms with Gasteiger partial charge in [0.25, 0.3) is 0 Å². The number of nitrogens with two attached hydrogens (primary N) is 1. The molecule has 14 heavy (non-hydrogen) atoms. The second kappa shape index (κ2) is 2.72. The molecule has 4 heteroatoms. The maximum absolute atomic E-state index is 11.4. The summed E-state index contributed by atoms with van der Waals surface area (Å²) >= 11 is 0.